The number of nitrogens with one attached hydrogen (secondary N) is 2. The quantitative estimate of drug-likeness (QED) is 0.394. The molecule has 0 radical (unpaired) electrons. The van der Waals surface area contributed by atoms with Crippen molar-refractivity contribution in [1.82, 2.24) is 15.5 Å². The van der Waals surface area contributed by atoms with Crippen LogP contribution in [0.3, 0.4) is 0 Å². The Morgan fingerprint density at radius 1 is 1.22 bits per heavy atom. The van der Waals surface area contributed by atoms with Gasteiger partial charge in [-0.25, -0.2) is 0 Å². The van der Waals surface area contributed by atoms with Crippen molar-refractivity contribution >= 4 is 29.9 Å². The monoisotopic (exact) mass is 438 g/mol. The van der Waals surface area contributed by atoms with Crippen molar-refractivity contribution < 1.29 is 4.74 Å². The van der Waals surface area contributed by atoms with Gasteiger partial charge >= 0.3 is 0 Å². The summed E-state index contributed by atoms with van der Waals surface area (Å²) in [7, 11) is 0. The Kier molecular flexibility index (Phi) is 8.07. The maximum atomic E-state index is 5.85. The Hall–Kier alpha value is -0.0800. The standard InChI is InChI=1S/C17H34N4O.HI/c1-7-18-16(20-15-8-12(15)2)19-11-17(5,6)21-9-13(3)22-14(4)10-21;/h12-15H,7-11H2,1-6H3,(H2,18,19,20);1H. The molecule has 1 aliphatic heterocycles. The molecule has 0 spiro atoms. The molecule has 4 atom stereocenters. The average molecular weight is 438 g/mol. The van der Waals surface area contributed by atoms with Crippen molar-refractivity contribution in [3.8, 4) is 0 Å². The van der Waals surface area contributed by atoms with Crippen LogP contribution in [0.15, 0.2) is 4.99 Å². The van der Waals surface area contributed by atoms with E-state index in [4.69, 9.17) is 9.73 Å². The number of ether oxygens (including phenoxy) is 1. The van der Waals surface area contributed by atoms with Gasteiger partial charge < -0.3 is 15.4 Å². The first kappa shape index (κ1) is 21.0. The van der Waals surface area contributed by atoms with E-state index in [2.05, 4.69) is 57.1 Å². The molecule has 136 valence electrons. The van der Waals surface area contributed by atoms with Gasteiger partial charge in [-0.2, -0.15) is 0 Å². The lowest BCUT2D eigenvalue weighted by Gasteiger charge is -2.44. The van der Waals surface area contributed by atoms with Gasteiger partial charge in [-0.05, 0) is 47.0 Å². The van der Waals surface area contributed by atoms with E-state index < -0.39 is 0 Å². The lowest BCUT2D eigenvalue weighted by atomic mass is 10.0. The molecule has 0 aromatic heterocycles. The highest BCUT2D eigenvalue weighted by atomic mass is 127. The van der Waals surface area contributed by atoms with Gasteiger partial charge in [0.05, 0.1) is 18.8 Å². The van der Waals surface area contributed by atoms with Crippen molar-refractivity contribution in [3.05, 3.63) is 0 Å². The van der Waals surface area contributed by atoms with Crippen molar-refractivity contribution in [3.63, 3.8) is 0 Å². The topological polar surface area (TPSA) is 48.9 Å². The predicted octanol–water partition coefficient (Wildman–Crippen LogP) is 2.46. The number of aliphatic imine (C=N–C) groups is 1. The summed E-state index contributed by atoms with van der Waals surface area (Å²) < 4.78 is 5.85. The first-order valence-corrected chi connectivity index (χ1v) is 8.77. The van der Waals surface area contributed by atoms with Crippen molar-refractivity contribution in [2.45, 2.75) is 71.8 Å². The average Bonchev–Trinajstić information content (AvgIpc) is 3.11. The van der Waals surface area contributed by atoms with Gasteiger partial charge in [0.15, 0.2) is 5.96 Å². The van der Waals surface area contributed by atoms with Crippen LogP contribution >= 0.6 is 24.0 Å². The second-order valence-corrected chi connectivity index (χ2v) is 7.63. The fraction of sp³-hybridized carbons (Fsp3) is 0.941. The van der Waals surface area contributed by atoms with E-state index in [1.54, 1.807) is 0 Å². The van der Waals surface area contributed by atoms with Crippen LogP contribution in [-0.4, -0.2) is 60.8 Å². The molecule has 1 heterocycles. The number of halogens is 1. The Morgan fingerprint density at radius 3 is 2.26 bits per heavy atom. The summed E-state index contributed by atoms with van der Waals surface area (Å²) in [5.74, 6) is 1.73. The van der Waals surface area contributed by atoms with Crippen LogP contribution in [0, 0.1) is 5.92 Å². The van der Waals surface area contributed by atoms with Gasteiger partial charge in [-0.3, -0.25) is 9.89 Å². The molecule has 2 aliphatic rings. The summed E-state index contributed by atoms with van der Waals surface area (Å²) >= 11 is 0. The largest absolute Gasteiger partial charge is 0.373 e. The minimum Gasteiger partial charge on any atom is -0.373 e. The highest BCUT2D eigenvalue weighted by Crippen LogP contribution is 2.28. The van der Waals surface area contributed by atoms with Gasteiger partial charge in [0.2, 0.25) is 0 Å². The molecule has 5 nitrogen and oxygen atoms in total. The zero-order valence-corrected chi connectivity index (χ0v) is 17.9. The van der Waals surface area contributed by atoms with Gasteiger partial charge in [0.1, 0.15) is 0 Å². The molecule has 1 saturated heterocycles. The number of hydrogen-bond acceptors (Lipinski definition) is 3. The molecule has 1 saturated carbocycles. The first-order valence-electron chi connectivity index (χ1n) is 8.77. The highest BCUT2D eigenvalue weighted by Gasteiger charge is 2.35. The van der Waals surface area contributed by atoms with E-state index in [0.29, 0.717) is 18.2 Å². The number of rotatable bonds is 5. The van der Waals surface area contributed by atoms with Crippen LogP contribution in [0.2, 0.25) is 0 Å². The van der Waals surface area contributed by atoms with E-state index in [1.807, 2.05) is 0 Å². The zero-order chi connectivity index (χ0) is 16.3. The molecule has 0 amide bonds. The Morgan fingerprint density at radius 2 is 1.78 bits per heavy atom. The van der Waals surface area contributed by atoms with Crippen LogP contribution in [0.1, 0.15) is 48.0 Å². The molecule has 0 aromatic carbocycles. The third-order valence-electron chi connectivity index (χ3n) is 4.68. The summed E-state index contributed by atoms with van der Waals surface area (Å²) in [6.07, 6.45) is 1.85. The van der Waals surface area contributed by atoms with Crippen molar-refractivity contribution in [2.24, 2.45) is 10.9 Å². The van der Waals surface area contributed by atoms with Gasteiger partial charge in [0.25, 0.3) is 0 Å². The Balaban J connectivity index is 0.00000264. The van der Waals surface area contributed by atoms with Gasteiger partial charge in [0, 0.05) is 31.2 Å². The summed E-state index contributed by atoms with van der Waals surface area (Å²) in [5, 5.41) is 6.89. The molecule has 2 N–H and O–H groups in total. The number of guanidine groups is 1. The van der Waals surface area contributed by atoms with Gasteiger partial charge in [-0.1, -0.05) is 6.92 Å². The Bertz CT molecular complexity index is 392. The van der Waals surface area contributed by atoms with Crippen molar-refractivity contribution in [2.75, 3.05) is 26.2 Å². The molecule has 2 rings (SSSR count). The Labute approximate surface area is 159 Å². The summed E-state index contributed by atoms with van der Waals surface area (Å²) in [5.41, 5.74) is 0.0455. The molecule has 0 bridgehead atoms. The highest BCUT2D eigenvalue weighted by molar-refractivity contribution is 14.0. The maximum absolute atomic E-state index is 5.85. The molecule has 4 unspecified atom stereocenters. The maximum Gasteiger partial charge on any atom is 0.191 e. The SMILES string of the molecule is CCNC(=NCC(C)(C)N1CC(C)OC(C)C1)NC1CC1C.I. The lowest BCUT2D eigenvalue weighted by molar-refractivity contribution is -0.0939. The third kappa shape index (κ3) is 6.38. The van der Waals surface area contributed by atoms with Crippen molar-refractivity contribution in [1.29, 1.82) is 0 Å². The van der Waals surface area contributed by atoms with Crippen LogP contribution in [0.4, 0.5) is 0 Å². The molecular weight excluding hydrogens is 403 g/mol. The minimum atomic E-state index is 0. The molecule has 1 aliphatic carbocycles. The number of hydrogen-bond donors (Lipinski definition) is 2. The normalized spacial score (nSPS) is 32.2. The summed E-state index contributed by atoms with van der Waals surface area (Å²) in [4.78, 5) is 7.35. The zero-order valence-electron chi connectivity index (χ0n) is 15.6. The van der Waals surface area contributed by atoms with E-state index >= 15 is 0 Å². The van der Waals surface area contributed by atoms with Gasteiger partial charge in [-0.15, -0.1) is 24.0 Å². The van der Waals surface area contributed by atoms with E-state index in [-0.39, 0.29) is 29.5 Å². The second kappa shape index (κ2) is 8.85. The summed E-state index contributed by atoms with van der Waals surface area (Å²) in [6.45, 7) is 16.9. The van der Waals surface area contributed by atoms with Crippen LogP contribution in [0.5, 0.6) is 0 Å². The number of morpholine rings is 1. The van der Waals surface area contributed by atoms with Crippen LogP contribution in [0.25, 0.3) is 0 Å². The number of nitrogens with zero attached hydrogens (tertiary/aromatic N) is 2. The third-order valence-corrected chi connectivity index (χ3v) is 4.68. The van der Waals surface area contributed by atoms with Crippen LogP contribution < -0.4 is 10.6 Å². The molecule has 2 fully saturated rings. The van der Waals surface area contributed by atoms with Crippen LogP contribution in [-0.2, 0) is 4.74 Å². The predicted molar refractivity (Wildman–Crippen MR) is 108 cm³/mol. The van der Waals surface area contributed by atoms with E-state index in [0.717, 1.165) is 38.1 Å². The fourth-order valence-electron chi connectivity index (χ4n) is 3.06. The molecular formula is C17H35IN4O. The second-order valence-electron chi connectivity index (χ2n) is 7.63. The fourth-order valence-corrected chi connectivity index (χ4v) is 3.06. The lowest BCUT2D eigenvalue weighted by Crippen LogP contribution is -2.56. The molecule has 23 heavy (non-hydrogen) atoms. The summed E-state index contributed by atoms with van der Waals surface area (Å²) in [6, 6.07) is 0.601. The van der Waals surface area contributed by atoms with E-state index in [9.17, 15) is 0 Å². The van der Waals surface area contributed by atoms with E-state index in [1.165, 1.54) is 6.42 Å². The first-order chi connectivity index (χ1) is 10.3. The smallest absolute Gasteiger partial charge is 0.191 e. The molecule has 6 heteroatoms. The minimum absolute atomic E-state index is 0. The molecule has 0 aromatic rings.